The maximum atomic E-state index is 6.01. The SMILES string of the molecule is Clc1nc2nc(C3CC3)nc(Cl)c2s1. The number of hydrogen-bond acceptors (Lipinski definition) is 4. The highest BCUT2D eigenvalue weighted by Gasteiger charge is 2.28. The van der Waals surface area contributed by atoms with Crippen molar-refractivity contribution in [3.8, 4) is 0 Å². The van der Waals surface area contributed by atoms with Crippen LogP contribution in [0, 0.1) is 0 Å². The molecular formula is C8H5Cl2N3S. The Bertz CT molecular complexity index is 507. The fourth-order valence-electron chi connectivity index (χ4n) is 1.31. The molecule has 14 heavy (non-hydrogen) atoms. The van der Waals surface area contributed by atoms with Crippen molar-refractivity contribution in [3.05, 3.63) is 15.4 Å². The highest BCUT2D eigenvalue weighted by atomic mass is 35.5. The van der Waals surface area contributed by atoms with E-state index >= 15 is 0 Å². The van der Waals surface area contributed by atoms with Crippen molar-refractivity contribution in [1.82, 2.24) is 15.0 Å². The number of aromatic nitrogens is 3. The fraction of sp³-hybridized carbons (Fsp3) is 0.375. The van der Waals surface area contributed by atoms with Crippen LogP contribution in [0.1, 0.15) is 24.6 Å². The summed E-state index contributed by atoms with van der Waals surface area (Å²) >= 11 is 13.1. The maximum absolute atomic E-state index is 6.01. The van der Waals surface area contributed by atoms with E-state index in [-0.39, 0.29) is 0 Å². The van der Waals surface area contributed by atoms with Crippen LogP contribution in [-0.2, 0) is 0 Å². The Morgan fingerprint density at radius 2 is 1.93 bits per heavy atom. The summed E-state index contributed by atoms with van der Waals surface area (Å²) in [6.07, 6.45) is 2.30. The summed E-state index contributed by atoms with van der Waals surface area (Å²) in [5, 5.41) is 0.473. The zero-order valence-corrected chi connectivity index (χ0v) is 9.33. The zero-order chi connectivity index (χ0) is 9.71. The minimum Gasteiger partial charge on any atom is -0.219 e. The van der Waals surface area contributed by atoms with Gasteiger partial charge in [-0.05, 0) is 12.8 Å². The van der Waals surface area contributed by atoms with Gasteiger partial charge in [-0.3, -0.25) is 0 Å². The van der Waals surface area contributed by atoms with Crippen molar-refractivity contribution in [2.24, 2.45) is 0 Å². The molecular weight excluding hydrogens is 241 g/mol. The van der Waals surface area contributed by atoms with Crippen LogP contribution in [0.4, 0.5) is 0 Å². The molecule has 0 saturated heterocycles. The summed E-state index contributed by atoms with van der Waals surface area (Å²) in [6.45, 7) is 0. The molecule has 0 radical (unpaired) electrons. The number of rotatable bonds is 1. The van der Waals surface area contributed by atoms with Crippen LogP contribution in [0.15, 0.2) is 0 Å². The lowest BCUT2D eigenvalue weighted by Crippen LogP contribution is -1.92. The van der Waals surface area contributed by atoms with E-state index in [1.807, 2.05) is 0 Å². The Morgan fingerprint density at radius 3 is 2.64 bits per heavy atom. The third-order valence-electron chi connectivity index (χ3n) is 2.15. The maximum Gasteiger partial charge on any atom is 0.186 e. The molecule has 72 valence electrons. The Kier molecular flexibility index (Phi) is 1.90. The van der Waals surface area contributed by atoms with E-state index in [1.54, 1.807) is 0 Å². The van der Waals surface area contributed by atoms with E-state index in [1.165, 1.54) is 11.3 Å². The molecule has 0 unspecified atom stereocenters. The van der Waals surface area contributed by atoms with Crippen LogP contribution in [0.5, 0.6) is 0 Å². The highest BCUT2D eigenvalue weighted by Crippen LogP contribution is 2.40. The summed E-state index contributed by atoms with van der Waals surface area (Å²) in [5.74, 6) is 1.29. The largest absolute Gasteiger partial charge is 0.219 e. The third kappa shape index (κ3) is 1.38. The molecule has 2 aromatic heterocycles. The summed E-state index contributed by atoms with van der Waals surface area (Å²) in [7, 11) is 0. The van der Waals surface area contributed by atoms with Crippen molar-refractivity contribution in [1.29, 1.82) is 0 Å². The first-order chi connectivity index (χ1) is 6.74. The topological polar surface area (TPSA) is 38.7 Å². The number of thiazole rings is 1. The first-order valence-electron chi connectivity index (χ1n) is 4.23. The van der Waals surface area contributed by atoms with Crippen molar-refractivity contribution < 1.29 is 0 Å². The summed E-state index contributed by atoms with van der Waals surface area (Å²) < 4.78 is 1.24. The fourth-order valence-corrected chi connectivity index (χ4v) is 2.52. The second-order valence-corrected chi connectivity index (χ2v) is 5.21. The lowest BCUT2D eigenvalue weighted by Gasteiger charge is -1.96. The zero-order valence-electron chi connectivity index (χ0n) is 7.00. The summed E-state index contributed by atoms with van der Waals surface area (Å²) in [5.41, 5.74) is 0.627. The minimum absolute atomic E-state index is 0.462. The van der Waals surface area contributed by atoms with Gasteiger partial charge in [0.05, 0.1) is 0 Å². The van der Waals surface area contributed by atoms with Crippen LogP contribution in [0.2, 0.25) is 9.62 Å². The van der Waals surface area contributed by atoms with Gasteiger partial charge in [-0.15, -0.1) is 0 Å². The lowest BCUT2D eigenvalue weighted by atomic mass is 10.4. The standard InChI is InChI=1S/C8H5Cl2N3S/c9-5-4-7(13-8(10)14-4)12-6(11-5)3-1-2-3/h3H,1-2H2. The summed E-state index contributed by atoms with van der Waals surface area (Å²) in [4.78, 5) is 12.7. The predicted molar refractivity (Wildman–Crippen MR) is 57.2 cm³/mol. The first kappa shape index (κ1) is 8.83. The van der Waals surface area contributed by atoms with E-state index in [2.05, 4.69) is 15.0 Å². The monoisotopic (exact) mass is 245 g/mol. The predicted octanol–water partition coefficient (Wildman–Crippen LogP) is 3.27. The van der Waals surface area contributed by atoms with E-state index in [0.717, 1.165) is 23.4 Å². The van der Waals surface area contributed by atoms with Gasteiger partial charge in [-0.2, -0.15) is 0 Å². The molecule has 0 aliphatic heterocycles. The third-order valence-corrected chi connectivity index (χ3v) is 3.69. The molecule has 1 aliphatic rings. The Labute approximate surface area is 94.1 Å². The van der Waals surface area contributed by atoms with E-state index < -0.39 is 0 Å². The molecule has 1 aliphatic carbocycles. The Balaban J connectivity index is 2.26. The highest BCUT2D eigenvalue weighted by molar-refractivity contribution is 7.22. The number of hydrogen-bond donors (Lipinski definition) is 0. The molecule has 0 amide bonds. The van der Waals surface area contributed by atoms with Crippen LogP contribution < -0.4 is 0 Å². The molecule has 1 fully saturated rings. The average molecular weight is 246 g/mol. The van der Waals surface area contributed by atoms with Gasteiger partial charge in [0.15, 0.2) is 15.3 Å². The molecule has 0 N–H and O–H groups in total. The minimum atomic E-state index is 0.462. The number of fused-ring (bicyclic) bond motifs is 1. The van der Waals surface area contributed by atoms with E-state index in [0.29, 0.717) is 21.2 Å². The molecule has 1 saturated carbocycles. The average Bonchev–Trinajstić information content (AvgIpc) is 2.89. The summed E-state index contributed by atoms with van der Waals surface area (Å²) in [6, 6.07) is 0. The quantitative estimate of drug-likeness (QED) is 0.725. The molecule has 3 rings (SSSR count). The van der Waals surface area contributed by atoms with Gasteiger partial charge in [0, 0.05) is 5.92 Å². The van der Waals surface area contributed by atoms with Gasteiger partial charge >= 0.3 is 0 Å². The van der Waals surface area contributed by atoms with E-state index in [4.69, 9.17) is 23.2 Å². The van der Waals surface area contributed by atoms with Gasteiger partial charge in [-0.1, -0.05) is 34.5 Å². The molecule has 0 atom stereocenters. The van der Waals surface area contributed by atoms with Gasteiger partial charge in [-0.25, -0.2) is 15.0 Å². The smallest absolute Gasteiger partial charge is 0.186 e. The lowest BCUT2D eigenvalue weighted by molar-refractivity contribution is 0.944. The Hall–Kier alpha value is -0.450. The molecule has 0 bridgehead atoms. The normalized spacial score (nSPS) is 16.4. The second-order valence-electron chi connectivity index (χ2n) is 3.27. The van der Waals surface area contributed by atoms with Gasteiger partial charge < -0.3 is 0 Å². The molecule has 3 nitrogen and oxygen atoms in total. The molecule has 0 spiro atoms. The first-order valence-corrected chi connectivity index (χ1v) is 5.81. The van der Waals surface area contributed by atoms with Gasteiger partial charge in [0.25, 0.3) is 0 Å². The van der Waals surface area contributed by atoms with Gasteiger partial charge in [0.1, 0.15) is 10.5 Å². The van der Waals surface area contributed by atoms with Crippen molar-refractivity contribution in [3.63, 3.8) is 0 Å². The molecule has 0 aromatic carbocycles. The number of nitrogens with zero attached hydrogens (tertiary/aromatic N) is 3. The Morgan fingerprint density at radius 1 is 1.14 bits per heavy atom. The molecule has 2 heterocycles. The molecule has 2 aromatic rings. The van der Waals surface area contributed by atoms with Crippen LogP contribution >= 0.6 is 34.5 Å². The van der Waals surface area contributed by atoms with Crippen molar-refractivity contribution in [2.45, 2.75) is 18.8 Å². The van der Waals surface area contributed by atoms with Crippen molar-refractivity contribution in [2.75, 3.05) is 0 Å². The van der Waals surface area contributed by atoms with E-state index in [9.17, 15) is 0 Å². The number of halogens is 2. The molecule has 6 heteroatoms. The second kappa shape index (κ2) is 3.02. The van der Waals surface area contributed by atoms with Gasteiger partial charge in [0.2, 0.25) is 0 Å². The van der Waals surface area contributed by atoms with Crippen LogP contribution in [0.3, 0.4) is 0 Å². The van der Waals surface area contributed by atoms with Crippen molar-refractivity contribution >= 4 is 44.9 Å². The van der Waals surface area contributed by atoms with Crippen LogP contribution in [-0.4, -0.2) is 15.0 Å². The van der Waals surface area contributed by atoms with Crippen LogP contribution in [0.25, 0.3) is 10.3 Å².